The Morgan fingerprint density at radius 1 is 0.889 bits per heavy atom. The van der Waals surface area contributed by atoms with E-state index in [1.165, 1.54) is 0 Å². The van der Waals surface area contributed by atoms with E-state index in [2.05, 4.69) is 0 Å². The normalized spacial score (nSPS) is 14.0. The molecular formula is C3HF6. The van der Waals surface area contributed by atoms with Crippen LogP contribution < -0.4 is 0 Å². The molecule has 0 saturated heterocycles. The largest absolute Gasteiger partial charge is 0.456 e. The second-order valence-corrected chi connectivity index (χ2v) is 1.23. The van der Waals surface area contributed by atoms with Crippen molar-refractivity contribution in [1.82, 2.24) is 0 Å². The molecule has 0 aromatic heterocycles. The molecule has 0 aliphatic rings. The lowest BCUT2D eigenvalue weighted by Crippen LogP contribution is -2.35. The van der Waals surface area contributed by atoms with Crippen molar-refractivity contribution in [3.8, 4) is 0 Å². The summed E-state index contributed by atoms with van der Waals surface area (Å²) in [5.74, 6) is -5.31. The standard InChI is InChI=1S/C3HF6/c4-1-2(5,6)3(7,8)9/h1H. The van der Waals surface area contributed by atoms with Crippen LogP contribution in [-0.2, 0) is 0 Å². The lowest BCUT2D eigenvalue weighted by atomic mass is 10.4. The summed E-state index contributed by atoms with van der Waals surface area (Å²) in [5.41, 5.74) is 0. The van der Waals surface area contributed by atoms with Crippen molar-refractivity contribution >= 4 is 0 Å². The van der Waals surface area contributed by atoms with Crippen LogP contribution in [0.2, 0.25) is 0 Å². The molecule has 0 aliphatic carbocycles. The molecule has 0 bridgehead atoms. The predicted octanol–water partition coefficient (Wildman–Crippen LogP) is 2.32. The van der Waals surface area contributed by atoms with Gasteiger partial charge in [-0.1, -0.05) is 0 Å². The third kappa shape index (κ3) is 1.76. The molecule has 0 aliphatic heterocycles. The number of hydrogen-bond donors (Lipinski definition) is 0. The van der Waals surface area contributed by atoms with Gasteiger partial charge < -0.3 is 0 Å². The Bertz CT molecular complexity index is 91.0. The van der Waals surface area contributed by atoms with Crippen molar-refractivity contribution in [2.45, 2.75) is 12.1 Å². The van der Waals surface area contributed by atoms with Gasteiger partial charge in [0, 0.05) is 0 Å². The molecule has 0 atom stereocenters. The van der Waals surface area contributed by atoms with Crippen LogP contribution in [0.3, 0.4) is 0 Å². The van der Waals surface area contributed by atoms with E-state index in [4.69, 9.17) is 0 Å². The fourth-order valence-electron chi connectivity index (χ4n) is 0.0619. The van der Waals surface area contributed by atoms with Crippen molar-refractivity contribution in [2.24, 2.45) is 0 Å². The van der Waals surface area contributed by atoms with Crippen molar-refractivity contribution in [3.05, 3.63) is 6.67 Å². The Hall–Kier alpha value is -0.420. The van der Waals surface area contributed by atoms with E-state index >= 15 is 0 Å². The van der Waals surface area contributed by atoms with E-state index in [-0.39, 0.29) is 0 Å². The first-order valence-corrected chi connectivity index (χ1v) is 1.70. The molecule has 0 aromatic rings. The minimum absolute atomic E-state index is 1.69. The fourth-order valence-corrected chi connectivity index (χ4v) is 0.0619. The second-order valence-electron chi connectivity index (χ2n) is 1.23. The summed E-state index contributed by atoms with van der Waals surface area (Å²) in [6, 6.07) is 0. The summed E-state index contributed by atoms with van der Waals surface area (Å²) in [7, 11) is 0. The molecule has 0 N–H and O–H groups in total. The zero-order valence-corrected chi connectivity index (χ0v) is 3.85. The third-order valence-electron chi connectivity index (χ3n) is 0.515. The lowest BCUT2D eigenvalue weighted by Gasteiger charge is -2.14. The van der Waals surface area contributed by atoms with Crippen LogP contribution in [0.25, 0.3) is 0 Å². The van der Waals surface area contributed by atoms with Crippen LogP contribution in [0.4, 0.5) is 26.3 Å². The quantitative estimate of drug-likeness (QED) is 0.504. The fraction of sp³-hybridized carbons (Fsp3) is 0.667. The molecule has 0 rings (SSSR count). The zero-order valence-electron chi connectivity index (χ0n) is 3.85. The summed E-state index contributed by atoms with van der Waals surface area (Å²) in [6.07, 6.45) is -5.82. The van der Waals surface area contributed by atoms with Crippen molar-refractivity contribution < 1.29 is 26.3 Å². The molecule has 1 radical (unpaired) electrons. The molecule has 55 valence electrons. The maximum absolute atomic E-state index is 11.1. The van der Waals surface area contributed by atoms with Crippen molar-refractivity contribution in [3.63, 3.8) is 0 Å². The molecule has 0 amide bonds. The van der Waals surface area contributed by atoms with Crippen LogP contribution in [0.15, 0.2) is 0 Å². The maximum Gasteiger partial charge on any atom is 0.456 e. The maximum atomic E-state index is 11.1. The zero-order chi connectivity index (χ0) is 7.71. The number of hydrogen-bond acceptors (Lipinski definition) is 0. The Morgan fingerprint density at radius 3 is 1.22 bits per heavy atom. The minimum Gasteiger partial charge on any atom is -0.237 e. The smallest absolute Gasteiger partial charge is 0.237 e. The molecular weight excluding hydrogens is 150 g/mol. The first-order valence-electron chi connectivity index (χ1n) is 1.70. The molecule has 0 unspecified atom stereocenters. The highest BCUT2D eigenvalue weighted by Gasteiger charge is 2.58. The first kappa shape index (κ1) is 8.58. The van der Waals surface area contributed by atoms with Gasteiger partial charge in [0.25, 0.3) is 0 Å². The molecule has 0 heterocycles. The lowest BCUT2D eigenvalue weighted by molar-refractivity contribution is -0.273. The second kappa shape index (κ2) is 2.07. The van der Waals surface area contributed by atoms with Gasteiger partial charge in [0.05, 0.1) is 0 Å². The van der Waals surface area contributed by atoms with Crippen LogP contribution in [0.1, 0.15) is 0 Å². The number of rotatable bonds is 1. The van der Waals surface area contributed by atoms with Gasteiger partial charge in [0.15, 0.2) is 0 Å². The van der Waals surface area contributed by atoms with Gasteiger partial charge in [0.1, 0.15) is 0 Å². The molecule has 0 nitrogen and oxygen atoms in total. The van der Waals surface area contributed by atoms with Gasteiger partial charge in [-0.2, -0.15) is 22.0 Å². The van der Waals surface area contributed by atoms with E-state index in [9.17, 15) is 26.3 Å². The van der Waals surface area contributed by atoms with Crippen molar-refractivity contribution in [2.75, 3.05) is 0 Å². The Labute approximate surface area is 46.5 Å². The van der Waals surface area contributed by atoms with Crippen LogP contribution in [-0.4, -0.2) is 12.1 Å². The highest BCUT2D eigenvalue weighted by atomic mass is 19.4. The van der Waals surface area contributed by atoms with Crippen LogP contribution in [0.5, 0.6) is 0 Å². The Balaban J connectivity index is 4.14. The number of halogens is 6. The van der Waals surface area contributed by atoms with E-state index in [1.54, 1.807) is 0 Å². The van der Waals surface area contributed by atoms with Gasteiger partial charge in [0.2, 0.25) is 6.67 Å². The highest BCUT2D eigenvalue weighted by Crippen LogP contribution is 2.37. The third-order valence-corrected chi connectivity index (χ3v) is 0.515. The molecule has 6 heteroatoms. The van der Waals surface area contributed by atoms with Gasteiger partial charge in [-0.3, -0.25) is 0 Å². The van der Waals surface area contributed by atoms with Gasteiger partial charge in [-0.15, -0.1) is 0 Å². The summed E-state index contributed by atoms with van der Waals surface area (Å²) in [5, 5.41) is 0. The summed E-state index contributed by atoms with van der Waals surface area (Å²) in [6.45, 7) is -1.69. The SMILES string of the molecule is F[CH]C(F)(F)C(F)(F)F. The van der Waals surface area contributed by atoms with E-state index in [0.717, 1.165) is 0 Å². The molecule has 0 spiro atoms. The van der Waals surface area contributed by atoms with E-state index < -0.39 is 18.8 Å². The molecule has 0 saturated carbocycles. The molecule has 9 heavy (non-hydrogen) atoms. The average molecular weight is 151 g/mol. The van der Waals surface area contributed by atoms with E-state index in [0.29, 0.717) is 0 Å². The highest BCUT2D eigenvalue weighted by molar-refractivity contribution is 4.82. The average Bonchev–Trinajstić information content (AvgIpc) is 1.64. The Kier molecular flexibility index (Phi) is 1.98. The van der Waals surface area contributed by atoms with Gasteiger partial charge >= 0.3 is 12.1 Å². The monoisotopic (exact) mass is 151 g/mol. The minimum atomic E-state index is -5.82. The van der Waals surface area contributed by atoms with E-state index in [1.807, 2.05) is 0 Å². The first-order chi connectivity index (χ1) is 3.81. The predicted molar refractivity (Wildman–Crippen MR) is 16.4 cm³/mol. The van der Waals surface area contributed by atoms with Crippen LogP contribution in [0, 0.1) is 6.67 Å². The van der Waals surface area contributed by atoms with Crippen LogP contribution >= 0.6 is 0 Å². The van der Waals surface area contributed by atoms with Crippen molar-refractivity contribution in [1.29, 1.82) is 0 Å². The van der Waals surface area contributed by atoms with Gasteiger partial charge in [-0.05, 0) is 0 Å². The molecule has 0 aromatic carbocycles. The molecule has 0 fully saturated rings. The Morgan fingerprint density at radius 2 is 1.22 bits per heavy atom. The topological polar surface area (TPSA) is 0 Å². The number of alkyl halides is 5. The summed E-state index contributed by atoms with van der Waals surface area (Å²) < 4.78 is 65.3. The van der Waals surface area contributed by atoms with Gasteiger partial charge in [-0.25, -0.2) is 4.39 Å². The summed E-state index contributed by atoms with van der Waals surface area (Å²) in [4.78, 5) is 0. The summed E-state index contributed by atoms with van der Waals surface area (Å²) >= 11 is 0.